The molecule has 0 aliphatic heterocycles. The molecule has 0 N–H and O–H groups in total. The summed E-state index contributed by atoms with van der Waals surface area (Å²) in [6.07, 6.45) is 0. The number of hydrogen-bond acceptors (Lipinski definition) is 2. The number of benzene rings is 1. The first kappa shape index (κ1) is 15.8. The lowest BCUT2D eigenvalue weighted by Gasteiger charge is -2.30. The second kappa shape index (κ2) is 6.80. The summed E-state index contributed by atoms with van der Waals surface area (Å²) in [6, 6.07) is 5.71. The minimum Gasteiger partial charge on any atom is -0.483 e. The summed E-state index contributed by atoms with van der Waals surface area (Å²) < 4.78 is 5.59. The normalized spacial score (nSPS) is 10.9. The van der Waals surface area contributed by atoms with E-state index in [4.69, 9.17) is 16.3 Å². The molecule has 0 atom stereocenters. The lowest BCUT2D eigenvalue weighted by Crippen LogP contribution is -2.44. The largest absolute Gasteiger partial charge is 0.483 e. The van der Waals surface area contributed by atoms with E-state index in [0.29, 0.717) is 10.8 Å². The summed E-state index contributed by atoms with van der Waals surface area (Å²) in [7, 11) is 0. The molecule has 0 fully saturated rings. The van der Waals surface area contributed by atoms with Crippen LogP contribution in [0.2, 0.25) is 5.02 Å². The van der Waals surface area contributed by atoms with Gasteiger partial charge in [-0.25, -0.2) is 0 Å². The maximum absolute atomic E-state index is 12.2. The van der Waals surface area contributed by atoms with Gasteiger partial charge in [-0.1, -0.05) is 11.6 Å². The average molecular weight is 284 g/mol. The molecule has 3 nitrogen and oxygen atoms in total. The van der Waals surface area contributed by atoms with E-state index in [1.165, 1.54) is 0 Å². The molecule has 0 bridgehead atoms. The zero-order valence-corrected chi connectivity index (χ0v) is 13.0. The summed E-state index contributed by atoms with van der Waals surface area (Å²) in [5, 5.41) is 0.669. The summed E-state index contributed by atoms with van der Waals surface area (Å²) in [5.41, 5.74) is 0.931. The summed E-state index contributed by atoms with van der Waals surface area (Å²) >= 11 is 5.88. The molecule has 1 aromatic rings. The highest BCUT2D eigenvalue weighted by Gasteiger charge is 2.20. The maximum Gasteiger partial charge on any atom is 0.260 e. The Labute approximate surface area is 120 Å². The fourth-order valence-corrected chi connectivity index (χ4v) is 2.39. The van der Waals surface area contributed by atoms with Gasteiger partial charge in [0.2, 0.25) is 0 Å². The Morgan fingerprint density at radius 1 is 1.26 bits per heavy atom. The van der Waals surface area contributed by atoms with E-state index in [0.717, 1.165) is 5.56 Å². The zero-order chi connectivity index (χ0) is 14.6. The van der Waals surface area contributed by atoms with Gasteiger partial charge in [0.1, 0.15) is 5.75 Å². The van der Waals surface area contributed by atoms with Gasteiger partial charge in [-0.3, -0.25) is 4.79 Å². The van der Waals surface area contributed by atoms with Crippen molar-refractivity contribution < 1.29 is 9.53 Å². The topological polar surface area (TPSA) is 29.5 Å². The van der Waals surface area contributed by atoms with Gasteiger partial charge in [0.15, 0.2) is 6.61 Å². The Hall–Kier alpha value is -1.22. The molecular formula is C15H22ClNO2. The predicted molar refractivity (Wildman–Crippen MR) is 78.8 cm³/mol. The Balaban J connectivity index is 2.67. The Kier molecular flexibility index (Phi) is 5.67. The van der Waals surface area contributed by atoms with Crippen molar-refractivity contribution >= 4 is 17.5 Å². The van der Waals surface area contributed by atoms with Crippen LogP contribution in [0, 0.1) is 6.92 Å². The number of rotatable bonds is 5. The fraction of sp³-hybridized carbons (Fsp3) is 0.533. The van der Waals surface area contributed by atoms with Gasteiger partial charge in [-0.05, 0) is 58.4 Å². The van der Waals surface area contributed by atoms with E-state index in [1.54, 1.807) is 12.1 Å². The van der Waals surface area contributed by atoms with Crippen LogP contribution in [-0.4, -0.2) is 29.5 Å². The van der Waals surface area contributed by atoms with Gasteiger partial charge >= 0.3 is 0 Å². The third-order valence-corrected chi connectivity index (χ3v) is 3.12. The third kappa shape index (κ3) is 4.43. The van der Waals surface area contributed by atoms with E-state index in [2.05, 4.69) is 0 Å². The van der Waals surface area contributed by atoms with Crippen molar-refractivity contribution in [2.24, 2.45) is 0 Å². The van der Waals surface area contributed by atoms with Crippen LogP contribution in [-0.2, 0) is 4.79 Å². The van der Waals surface area contributed by atoms with E-state index in [1.807, 2.05) is 45.6 Å². The lowest BCUT2D eigenvalue weighted by molar-refractivity contribution is -0.136. The van der Waals surface area contributed by atoms with Crippen molar-refractivity contribution in [3.8, 4) is 5.75 Å². The summed E-state index contributed by atoms with van der Waals surface area (Å²) in [6.45, 7) is 9.99. The molecule has 0 aliphatic carbocycles. The fourth-order valence-electron chi connectivity index (χ4n) is 2.16. The number of aryl methyl sites for hydroxylation is 1. The second-order valence-electron chi connectivity index (χ2n) is 5.19. The molecule has 1 amide bonds. The number of carbonyl (C=O) groups is 1. The van der Waals surface area contributed by atoms with Crippen LogP contribution in [0.4, 0.5) is 0 Å². The average Bonchev–Trinajstić information content (AvgIpc) is 2.26. The number of hydrogen-bond donors (Lipinski definition) is 0. The summed E-state index contributed by atoms with van der Waals surface area (Å²) in [5.74, 6) is 0.699. The molecule has 4 heteroatoms. The molecule has 0 saturated heterocycles. The highest BCUT2D eigenvalue weighted by atomic mass is 35.5. The van der Waals surface area contributed by atoms with Crippen molar-refractivity contribution in [2.45, 2.75) is 46.7 Å². The van der Waals surface area contributed by atoms with Crippen LogP contribution < -0.4 is 4.74 Å². The molecule has 0 saturated carbocycles. The van der Waals surface area contributed by atoms with Crippen molar-refractivity contribution in [1.82, 2.24) is 4.90 Å². The molecule has 0 unspecified atom stereocenters. The van der Waals surface area contributed by atoms with Crippen LogP contribution in [0.25, 0.3) is 0 Å². The van der Waals surface area contributed by atoms with Crippen molar-refractivity contribution in [2.75, 3.05) is 6.61 Å². The number of ether oxygens (including phenoxy) is 1. The first-order valence-corrected chi connectivity index (χ1v) is 6.90. The molecule has 0 spiro atoms. The van der Waals surface area contributed by atoms with Gasteiger partial charge in [0.05, 0.1) is 0 Å². The number of carbonyl (C=O) groups excluding carboxylic acids is 1. The highest BCUT2D eigenvalue weighted by molar-refractivity contribution is 6.30. The molecule has 0 heterocycles. The van der Waals surface area contributed by atoms with Gasteiger partial charge < -0.3 is 9.64 Å². The lowest BCUT2D eigenvalue weighted by atomic mass is 10.2. The van der Waals surface area contributed by atoms with Gasteiger partial charge in [0.25, 0.3) is 5.91 Å². The molecule has 106 valence electrons. The van der Waals surface area contributed by atoms with E-state index >= 15 is 0 Å². The van der Waals surface area contributed by atoms with E-state index < -0.39 is 0 Å². The zero-order valence-electron chi connectivity index (χ0n) is 12.2. The smallest absolute Gasteiger partial charge is 0.260 e. The molecule has 0 aliphatic rings. The van der Waals surface area contributed by atoms with Crippen LogP contribution >= 0.6 is 11.6 Å². The number of amides is 1. The van der Waals surface area contributed by atoms with Crippen LogP contribution in [0.15, 0.2) is 18.2 Å². The standard InChI is InChI=1S/C15H22ClNO2/c1-10(2)17(11(3)4)15(18)9-19-14-7-6-13(16)8-12(14)5/h6-8,10-11H,9H2,1-5H3. The monoisotopic (exact) mass is 283 g/mol. The quantitative estimate of drug-likeness (QED) is 0.825. The molecule has 1 rings (SSSR count). The summed E-state index contributed by atoms with van der Waals surface area (Å²) in [4.78, 5) is 14.0. The number of halogens is 1. The predicted octanol–water partition coefficient (Wildman–Crippen LogP) is 3.67. The van der Waals surface area contributed by atoms with Gasteiger partial charge in [0, 0.05) is 17.1 Å². The Morgan fingerprint density at radius 2 is 1.84 bits per heavy atom. The molecular weight excluding hydrogens is 262 g/mol. The van der Waals surface area contributed by atoms with Gasteiger partial charge in [-0.15, -0.1) is 0 Å². The molecule has 19 heavy (non-hydrogen) atoms. The van der Waals surface area contributed by atoms with E-state index in [-0.39, 0.29) is 24.6 Å². The first-order valence-electron chi connectivity index (χ1n) is 6.53. The SMILES string of the molecule is Cc1cc(Cl)ccc1OCC(=O)N(C(C)C)C(C)C. The second-order valence-corrected chi connectivity index (χ2v) is 5.62. The van der Waals surface area contributed by atoms with Crippen molar-refractivity contribution in [3.05, 3.63) is 28.8 Å². The molecule has 1 aromatic carbocycles. The highest BCUT2D eigenvalue weighted by Crippen LogP contribution is 2.21. The van der Waals surface area contributed by atoms with Crippen molar-refractivity contribution in [3.63, 3.8) is 0 Å². The minimum absolute atomic E-state index is 0.000602. The molecule has 0 radical (unpaired) electrons. The van der Waals surface area contributed by atoms with E-state index in [9.17, 15) is 4.79 Å². The maximum atomic E-state index is 12.2. The Bertz CT molecular complexity index is 436. The van der Waals surface area contributed by atoms with Crippen LogP contribution in [0.5, 0.6) is 5.75 Å². The number of nitrogens with zero attached hydrogens (tertiary/aromatic N) is 1. The van der Waals surface area contributed by atoms with Gasteiger partial charge in [-0.2, -0.15) is 0 Å². The van der Waals surface area contributed by atoms with Crippen molar-refractivity contribution in [1.29, 1.82) is 0 Å². The van der Waals surface area contributed by atoms with Crippen LogP contribution in [0.3, 0.4) is 0 Å². The first-order chi connectivity index (χ1) is 8.82. The Morgan fingerprint density at radius 3 is 2.32 bits per heavy atom. The van der Waals surface area contributed by atoms with Crippen LogP contribution in [0.1, 0.15) is 33.3 Å². The third-order valence-electron chi connectivity index (χ3n) is 2.89. The minimum atomic E-state index is -0.000602. The molecule has 0 aromatic heterocycles.